The van der Waals surface area contributed by atoms with E-state index in [4.69, 9.17) is 0 Å². The smallest absolute Gasteiger partial charge is 0.224 e. The number of ketones is 1. The van der Waals surface area contributed by atoms with Gasteiger partial charge in [0.25, 0.3) is 0 Å². The number of hydrogen-bond donors (Lipinski definition) is 1. The predicted molar refractivity (Wildman–Crippen MR) is 104 cm³/mol. The van der Waals surface area contributed by atoms with E-state index in [1.54, 1.807) is 23.1 Å². The molecule has 1 N–H and O–H groups in total. The molecule has 29 heavy (non-hydrogen) atoms. The van der Waals surface area contributed by atoms with Crippen molar-refractivity contribution < 1.29 is 9.18 Å². The van der Waals surface area contributed by atoms with Gasteiger partial charge in [0.2, 0.25) is 5.95 Å². The van der Waals surface area contributed by atoms with E-state index in [-0.39, 0.29) is 5.56 Å². The van der Waals surface area contributed by atoms with Gasteiger partial charge in [-0.15, -0.1) is 0 Å². The number of nitrogens with one attached hydrogen (secondary N) is 1. The highest BCUT2D eigenvalue weighted by Crippen LogP contribution is 2.42. The molecule has 0 amide bonds. The number of aryl methyl sites for hydroxylation is 1. The molecule has 8 heteroatoms. The van der Waals surface area contributed by atoms with Crippen molar-refractivity contribution in [1.29, 1.82) is 0 Å². The van der Waals surface area contributed by atoms with E-state index in [9.17, 15) is 9.18 Å². The van der Waals surface area contributed by atoms with Gasteiger partial charge in [0.05, 0.1) is 28.4 Å². The SMILES string of the molecule is CCn1cc(Cc2ccc(C(=O)c3c[nH]c4ncnc(C5CC5)c34)c(F)n2)cn1. The highest BCUT2D eigenvalue weighted by molar-refractivity contribution is 6.16. The third kappa shape index (κ3) is 3.20. The highest BCUT2D eigenvalue weighted by atomic mass is 19.1. The molecule has 7 nitrogen and oxygen atoms in total. The van der Waals surface area contributed by atoms with Crippen LogP contribution in [0.25, 0.3) is 11.0 Å². The number of nitrogens with zero attached hydrogens (tertiary/aromatic N) is 5. The first-order chi connectivity index (χ1) is 14.1. The Morgan fingerprint density at radius 3 is 2.86 bits per heavy atom. The van der Waals surface area contributed by atoms with Crippen molar-refractivity contribution >= 4 is 16.8 Å². The second-order valence-electron chi connectivity index (χ2n) is 7.31. The van der Waals surface area contributed by atoms with E-state index in [1.807, 2.05) is 13.1 Å². The Hall–Kier alpha value is -3.42. The van der Waals surface area contributed by atoms with Gasteiger partial charge in [0.1, 0.15) is 12.0 Å². The standard InChI is InChI=1S/C21H19FN6O/c1-2-28-10-12(8-26-28)7-14-5-6-15(20(22)27-14)19(29)16-9-23-21-17(16)18(13-3-4-13)24-11-25-21/h5-6,8-11,13H,2-4,7H2,1H3,(H,23,24,25). The number of H-pyrrole nitrogens is 1. The predicted octanol–water partition coefficient (Wildman–Crippen LogP) is 3.41. The fourth-order valence-electron chi connectivity index (χ4n) is 3.60. The van der Waals surface area contributed by atoms with E-state index >= 15 is 0 Å². The first-order valence-corrected chi connectivity index (χ1v) is 9.67. The van der Waals surface area contributed by atoms with Crippen LogP contribution in [0.4, 0.5) is 4.39 Å². The number of carbonyl (C=O) groups is 1. The van der Waals surface area contributed by atoms with Crippen molar-refractivity contribution in [2.24, 2.45) is 0 Å². The maximum atomic E-state index is 14.7. The summed E-state index contributed by atoms with van der Waals surface area (Å²) >= 11 is 0. The molecule has 4 aromatic rings. The minimum absolute atomic E-state index is 0.0514. The molecule has 0 atom stereocenters. The largest absolute Gasteiger partial charge is 0.345 e. The van der Waals surface area contributed by atoms with Crippen LogP contribution in [0.5, 0.6) is 0 Å². The summed E-state index contributed by atoms with van der Waals surface area (Å²) < 4.78 is 16.5. The molecular weight excluding hydrogens is 371 g/mol. The summed E-state index contributed by atoms with van der Waals surface area (Å²) in [7, 11) is 0. The van der Waals surface area contributed by atoms with Crippen molar-refractivity contribution in [2.75, 3.05) is 0 Å². The number of rotatable bonds is 6. The summed E-state index contributed by atoms with van der Waals surface area (Å²) in [5.41, 5.74) is 3.29. The second kappa shape index (κ2) is 6.88. The average Bonchev–Trinajstić information content (AvgIpc) is 3.32. The molecule has 0 bridgehead atoms. The van der Waals surface area contributed by atoms with Gasteiger partial charge < -0.3 is 4.98 Å². The van der Waals surface area contributed by atoms with Crippen molar-refractivity contribution in [2.45, 2.75) is 38.6 Å². The molecule has 1 aliphatic rings. The molecule has 0 saturated heterocycles. The zero-order chi connectivity index (χ0) is 20.0. The van der Waals surface area contributed by atoms with Crippen molar-refractivity contribution in [3.05, 3.63) is 71.1 Å². The zero-order valence-corrected chi connectivity index (χ0v) is 15.9. The summed E-state index contributed by atoms with van der Waals surface area (Å²) in [6, 6.07) is 3.19. The molecule has 1 aliphatic carbocycles. The molecule has 4 heterocycles. The van der Waals surface area contributed by atoms with Crippen LogP contribution < -0.4 is 0 Å². The summed E-state index contributed by atoms with van der Waals surface area (Å²) in [5, 5.41) is 4.91. The zero-order valence-electron chi connectivity index (χ0n) is 15.9. The quantitative estimate of drug-likeness (QED) is 0.403. The number of fused-ring (bicyclic) bond motifs is 1. The fraction of sp³-hybridized carbons (Fsp3) is 0.286. The average molecular weight is 390 g/mol. The minimum atomic E-state index is -0.769. The van der Waals surface area contributed by atoms with Gasteiger partial charge in [-0.05, 0) is 37.5 Å². The summed E-state index contributed by atoms with van der Waals surface area (Å²) in [6.45, 7) is 2.77. The van der Waals surface area contributed by atoms with E-state index < -0.39 is 11.7 Å². The van der Waals surface area contributed by atoms with Crippen LogP contribution >= 0.6 is 0 Å². The molecular formula is C21H19FN6O. The van der Waals surface area contributed by atoms with Crippen LogP contribution in [0.15, 0.2) is 37.1 Å². The molecule has 4 aromatic heterocycles. The van der Waals surface area contributed by atoms with Gasteiger partial charge in [-0.2, -0.15) is 9.49 Å². The van der Waals surface area contributed by atoms with Gasteiger partial charge in [0.15, 0.2) is 5.78 Å². The number of halogens is 1. The number of hydrogen-bond acceptors (Lipinski definition) is 5. The Bertz CT molecular complexity index is 1220. The topological polar surface area (TPSA) is 89.4 Å². The van der Waals surface area contributed by atoms with Crippen LogP contribution in [-0.4, -0.2) is 35.5 Å². The normalized spacial score (nSPS) is 13.9. The summed E-state index contributed by atoms with van der Waals surface area (Å²) in [6.07, 6.45) is 9.28. The van der Waals surface area contributed by atoms with Gasteiger partial charge >= 0.3 is 0 Å². The van der Waals surface area contributed by atoms with E-state index in [1.165, 1.54) is 12.4 Å². The van der Waals surface area contributed by atoms with Crippen LogP contribution in [0.1, 0.15) is 58.6 Å². The van der Waals surface area contributed by atoms with Crippen molar-refractivity contribution in [3.63, 3.8) is 0 Å². The maximum absolute atomic E-state index is 14.7. The number of pyridine rings is 1. The Morgan fingerprint density at radius 1 is 1.28 bits per heavy atom. The molecule has 0 aliphatic heterocycles. The monoisotopic (exact) mass is 390 g/mol. The Kier molecular flexibility index (Phi) is 4.19. The van der Waals surface area contributed by atoms with Gasteiger partial charge in [-0.25, -0.2) is 15.0 Å². The van der Waals surface area contributed by atoms with Crippen molar-refractivity contribution in [3.8, 4) is 0 Å². The van der Waals surface area contributed by atoms with E-state index in [0.29, 0.717) is 34.6 Å². The lowest BCUT2D eigenvalue weighted by Gasteiger charge is -2.06. The second-order valence-corrected chi connectivity index (χ2v) is 7.31. The van der Waals surface area contributed by atoms with Crippen LogP contribution in [0, 0.1) is 5.95 Å². The molecule has 0 radical (unpaired) electrons. The maximum Gasteiger partial charge on any atom is 0.224 e. The molecule has 0 spiro atoms. The van der Waals surface area contributed by atoms with Crippen LogP contribution in [0.2, 0.25) is 0 Å². The summed E-state index contributed by atoms with van der Waals surface area (Å²) in [4.78, 5) is 28.7. The minimum Gasteiger partial charge on any atom is -0.345 e. The Morgan fingerprint density at radius 2 is 2.14 bits per heavy atom. The molecule has 146 valence electrons. The first kappa shape index (κ1) is 17.7. The highest BCUT2D eigenvalue weighted by Gasteiger charge is 2.30. The van der Waals surface area contributed by atoms with Crippen LogP contribution in [-0.2, 0) is 13.0 Å². The molecule has 1 saturated carbocycles. The van der Waals surface area contributed by atoms with Gasteiger partial charge in [0, 0.05) is 37.0 Å². The third-order valence-electron chi connectivity index (χ3n) is 5.25. The Labute approximate surface area is 166 Å². The molecule has 5 rings (SSSR count). The fourth-order valence-corrected chi connectivity index (χ4v) is 3.60. The molecule has 0 unspecified atom stereocenters. The number of carbonyl (C=O) groups excluding carboxylic acids is 1. The number of aromatic nitrogens is 6. The van der Waals surface area contributed by atoms with Gasteiger partial charge in [-0.3, -0.25) is 9.48 Å². The lowest BCUT2D eigenvalue weighted by atomic mass is 10.0. The lowest BCUT2D eigenvalue weighted by Crippen LogP contribution is -2.08. The first-order valence-electron chi connectivity index (χ1n) is 9.67. The van der Waals surface area contributed by atoms with Crippen LogP contribution in [0.3, 0.4) is 0 Å². The lowest BCUT2D eigenvalue weighted by molar-refractivity contribution is 0.103. The number of aromatic amines is 1. The van der Waals surface area contributed by atoms with Crippen molar-refractivity contribution in [1.82, 2.24) is 29.7 Å². The third-order valence-corrected chi connectivity index (χ3v) is 5.25. The van der Waals surface area contributed by atoms with E-state index in [2.05, 4.69) is 25.0 Å². The van der Waals surface area contributed by atoms with Gasteiger partial charge in [-0.1, -0.05) is 0 Å². The Balaban J connectivity index is 1.47. The molecule has 0 aromatic carbocycles. The summed E-state index contributed by atoms with van der Waals surface area (Å²) in [5.74, 6) is -0.838. The van der Waals surface area contributed by atoms with E-state index in [0.717, 1.165) is 30.6 Å². The molecule has 1 fully saturated rings.